The minimum Gasteiger partial charge on any atom is -0.456 e. The molecular weight excluding hydrogens is 448 g/mol. The van der Waals surface area contributed by atoms with Crippen LogP contribution < -0.4 is 0 Å². The number of fused-ring (bicyclic) bond motifs is 6. The lowest BCUT2D eigenvalue weighted by Crippen LogP contribution is -1.91. The Morgan fingerprint density at radius 3 is 1.97 bits per heavy atom. The van der Waals surface area contributed by atoms with Gasteiger partial charge in [0.25, 0.3) is 0 Å². The summed E-state index contributed by atoms with van der Waals surface area (Å²) < 4.78 is 74.5. The maximum atomic E-state index is 9.21. The first-order valence-corrected chi connectivity index (χ1v) is 12.0. The molecule has 0 fully saturated rings. The fraction of sp³-hybridized carbons (Fsp3) is 0. The van der Waals surface area contributed by atoms with Crippen LogP contribution in [0.3, 0.4) is 0 Å². The third-order valence-corrected chi connectivity index (χ3v) is 7.10. The topological polar surface area (TPSA) is 13.1 Å². The average Bonchev–Trinajstić information content (AvgIpc) is 3.45. The van der Waals surface area contributed by atoms with Crippen LogP contribution in [0.4, 0.5) is 0 Å². The van der Waals surface area contributed by atoms with Gasteiger partial charge in [-0.3, -0.25) is 0 Å². The zero-order chi connectivity index (χ0) is 31.3. The summed E-state index contributed by atoms with van der Waals surface area (Å²) >= 11 is 0. The van der Waals surface area contributed by atoms with Gasteiger partial charge < -0.3 is 4.42 Å². The van der Waals surface area contributed by atoms with Gasteiger partial charge in [-0.05, 0) is 72.7 Å². The van der Waals surface area contributed by atoms with E-state index in [1.54, 1.807) is 6.07 Å². The van der Waals surface area contributed by atoms with Gasteiger partial charge in [-0.1, -0.05) is 115 Å². The van der Waals surface area contributed by atoms with Crippen molar-refractivity contribution >= 4 is 54.3 Å². The van der Waals surface area contributed by atoms with Gasteiger partial charge in [-0.15, -0.1) is 0 Å². The molecule has 1 aromatic heterocycles. The van der Waals surface area contributed by atoms with Crippen molar-refractivity contribution in [3.63, 3.8) is 0 Å². The van der Waals surface area contributed by atoms with Crippen molar-refractivity contribution in [2.75, 3.05) is 0 Å². The van der Waals surface area contributed by atoms with E-state index in [4.69, 9.17) is 14.0 Å². The molecule has 1 nitrogen and oxygen atoms in total. The maximum Gasteiger partial charge on any atom is 0.136 e. The Morgan fingerprint density at radius 2 is 1.19 bits per heavy atom. The molecule has 172 valence electrons. The standard InChI is InChI=1S/C36H22O/c1-2-11-24-22-25(21-20-23(24)10-1)34-26-12-3-5-14-28(26)35(29-15-6-4-13-27(29)34)31-17-9-19-33-36(31)30-16-7-8-18-32(30)37-33/h1-22H/i1D,7D,8D,9D,16D,17D,18D,19D. The van der Waals surface area contributed by atoms with Gasteiger partial charge in [0, 0.05) is 10.8 Å². The quantitative estimate of drug-likeness (QED) is 0.225. The van der Waals surface area contributed by atoms with E-state index in [2.05, 4.69) is 6.07 Å². The predicted molar refractivity (Wildman–Crippen MR) is 157 cm³/mol. The molecule has 7 aromatic carbocycles. The van der Waals surface area contributed by atoms with Crippen LogP contribution in [0.2, 0.25) is 0 Å². The Bertz CT molecular complexity index is 2530. The minimum atomic E-state index is -0.452. The number of para-hydroxylation sites is 1. The first-order valence-electron chi connectivity index (χ1n) is 16.0. The normalized spacial score (nSPS) is 14.8. The molecule has 8 aromatic rings. The van der Waals surface area contributed by atoms with E-state index in [1.165, 1.54) is 0 Å². The van der Waals surface area contributed by atoms with Crippen LogP contribution in [0.1, 0.15) is 11.0 Å². The van der Waals surface area contributed by atoms with Crippen molar-refractivity contribution in [3.05, 3.63) is 133 Å². The first kappa shape index (κ1) is 14.0. The van der Waals surface area contributed by atoms with Crippen LogP contribution >= 0.6 is 0 Å². The number of furan rings is 1. The van der Waals surface area contributed by atoms with Crippen molar-refractivity contribution in [2.45, 2.75) is 0 Å². The Hall–Kier alpha value is -4.88. The molecular formula is C36H22O. The van der Waals surface area contributed by atoms with E-state index in [1.807, 2.05) is 72.8 Å². The Morgan fingerprint density at radius 1 is 0.486 bits per heavy atom. The van der Waals surface area contributed by atoms with Crippen LogP contribution in [-0.2, 0) is 0 Å². The summed E-state index contributed by atoms with van der Waals surface area (Å²) in [5.41, 5.74) is 2.72. The molecule has 8 rings (SSSR count). The highest BCUT2D eigenvalue weighted by atomic mass is 16.3. The smallest absolute Gasteiger partial charge is 0.136 e. The molecule has 0 N–H and O–H groups in total. The maximum absolute atomic E-state index is 9.21. The molecule has 0 aliphatic rings. The van der Waals surface area contributed by atoms with Crippen LogP contribution in [0, 0.1) is 0 Å². The summed E-state index contributed by atoms with van der Waals surface area (Å²) in [7, 11) is 0. The Labute approximate surface area is 225 Å². The monoisotopic (exact) mass is 478 g/mol. The lowest BCUT2D eigenvalue weighted by atomic mass is 9.84. The van der Waals surface area contributed by atoms with E-state index in [0.29, 0.717) is 11.6 Å². The fourth-order valence-corrected chi connectivity index (χ4v) is 5.54. The second-order valence-electron chi connectivity index (χ2n) is 9.09. The van der Waals surface area contributed by atoms with Crippen LogP contribution in [0.15, 0.2) is 138 Å². The number of hydrogen-bond donors (Lipinski definition) is 0. The van der Waals surface area contributed by atoms with Gasteiger partial charge >= 0.3 is 0 Å². The molecule has 1 heterocycles. The third-order valence-electron chi connectivity index (χ3n) is 7.10. The molecule has 0 atom stereocenters. The molecule has 0 aliphatic carbocycles. The highest BCUT2D eigenvalue weighted by molar-refractivity contribution is 6.25. The van der Waals surface area contributed by atoms with Crippen LogP contribution in [0.25, 0.3) is 76.5 Å². The second-order valence-corrected chi connectivity index (χ2v) is 9.09. The molecule has 0 saturated carbocycles. The molecule has 0 saturated heterocycles. The largest absolute Gasteiger partial charge is 0.456 e. The number of hydrogen-bond acceptors (Lipinski definition) is 1. The fourth-order valence-electron chi connectivity index (χ4n) is 5.54. The highest BCUT2D eigenvalue weighted by Gasteiger charge is 2.20. The summed E-state index contributed by atoms with van der Waals surface area (Å²) in [4.78, 5) is 0. The van der Waals surface area contributed by atoms with Gasteiger partial charge in [0.1, 0.15) is 11.2 Å². The van der Waals surface area contributed by atoms with E-state index >= 15 is 0 Å². The van der Waals surface area contributed by atoms with Crippen molar-refractivity contribution in [3.8, 4) is 22.3 Å². The second kappa shape index (κ2) is 7.81. The minimum absolute atomic E-state index is 0.0477. The number of benzene rings is 7. The van der Waals surface area contributed by atoms with Crippen LogP contribution in [-0.4, -0.2) is 0 Å². The third kappa shape index (κ3) is 2.98. The summed E-state index contributed by atoms with van der Waals surface area (Å²) in [6.45, 7) is 0. The summed E-state index contributed by atoms with van der Waals surface area (Å²) in [5, 5.41) is 5.64. The lowest BCUT2D eigenvalue weighted by Gasteiger charge is -2.18. The van der Waals surface area contributed by atoms with Gasteiger partial charge in [0.15, 0.2) is 0 Å². The van der Waals surface area contributed by atoms with Crippen molar-refractivity contribution in [2.24, 2.45) is 0 Å². The highest BCUT2D eigenvalue weighted by Crippen LogP contribution is 2.46. The SMILES string of the molecule is [2H]c1ccc2cc(-c3c4ccccc4c(-c4c([2H])c([2H])c([2H])c5oc6c([2H])c([2H])c([2H])c([2H])c6c45)c4ccccc34)ccc2c1. The summed E-state index contributed by atoms with van der Waals surface area (Å²) in [5.74, 6) is 0. The molecule has 0 amide bonds. The van der Waals surface area contributed by atoms with Crippen molar-refractivity contribution < 1.29 is 15.4 Å². The van der Waals surface area contributed by atoms with Crippen LogP contribution in [0.5, 0.6) is 0 Å². The molecule has 0 spiro atoms. The predicted octanol–water partition coefficient (Wildman–Crippen LogP) is 10.4. The molecule has 37 heavy (non-hydrogen) atoms. The van der Waals surface area contributed by atoms with Crippen molar-refractivity contribution in [1.29, 1.82) is 0 Å². The Kier molecular flexibility index (Phi) is 2.96. The summed E-state index contributed by atoms with van der Waals surface area (Å²) in [6, 6.07) is 25.3. The molecule has 0 radical (unpaired) electrons. The van der Waals surface area contributed by atoms with Gasteiger partial charge in [0.05, 0.1) is 11.0 Å². The van der Waals surface area contributed by atoms with Crippen molar-refractivity contribution in [1.82, 2.24) is 0 Å². The molecule has 0 unspecified atom stereocenters. The van der Waals surface area contributed by atoms with Gasteiger partial charge in [0.2, 0.25) is 0 Å². The molecule has 0 aliphatic heterocycles. The average molecular weight is 479 g/mol. The van der Waals surface area contributed by atoms with Gasteiger partial charge in [-0.25, -0.2) is 0 Å². The van der Waals surface area contributed by atoms with E-state index < -0.39 is 12.1 Å². The van der Waals surface area contributed by atoms with E-state index in [9.17, 15) is 1.37 Å². The first-order chi connectivity index (χ1) is 21.7. The number of rotatable bonds is 2. The summed E-state index contributed by atoms with van der Waals surface area (Å²) in [6.07, 6.45) is 0. The zero-order valence-electron chi connectivity index (χ0n) is 27.5. The molecule has 1 heteroatoms. The van der Waals surface area contributed by atoms with E-state index in [-0.39, 0.29) is 57.7 Å². The zero-order valence-corrected chi connectivity index (χ0v) is 19.5. The lowest BCUT2D eigenvalue weighted by molar-refractivity contribution is 0.669. The Balaban J connectivity index is 1.59. The molecule has 0 bridgehead atoms. The van der Waals surface area contributed by atoms with Gasteiger partial charge in [-0.2, -0.15) is 0 Å². The van der Waals surface area contributed by atoms with E-state index in [0.717, 1.165) is 43.4 Å².